The fourth-order valence-electron chi connectivity index (χ4n) is 5.28. The van der Waals surface area contributed by atoms with Gasteiger partial charge in [0.05, 0.1) is 25.4 Å². The van der Waals surface area contributed by atoms with Crippen molar-refractivity contribution in [2.45, 2.75) is 76.6 Å². The molecule has 0 unspecified atom stereocenters. The van der Waals surface area contributed by atoms with Crippen molar-refractivity contribution < 1.29 is 34.4 Å². The molecule has 3 aromatic carbocycles. The van der Waals surface area contributed by atoms with Crippen LogP contribution in [0.15, 0.2) is 72.8 Å². The molecule has 44 heavy (non-hydrogen) atoms. The smallest absolute Gasteiger partial charge is 0.303 e. The summed E-state index contributed by atoms with van der Waals surface area (Å²) in [6, 6.07) is 24.0. The van der Waals surface area contributed by atoms with Crippen LogP contribution >= 0.6 is 11.8 Å². The largest absolute Gasteiger partial charge is 0.481 e. The molecule has 1 fully saturated rings. The molecule has 0 spiro atoms. The van der Waals surface area contributed by atoms with Gasteiger partial charge in [0.1, 0.15) is 0 Å². The van der Waals surface area contributed by atoms with Crippen LogP contribution < -0.4 is 5.32 Å². The number of aliphatic hydroxyl groups is 2. The summed E-state index contributed by atoms with van der Waals surface area (Å²) in [6.45, 7) is 0.554. The SMILES string of the molecule is O=C(O)CCCCCCC(=O)NCc1ccccc1-c1ccc([C@@H]2O[C@H](CSCCO)C[C@H](c3ccc(CO)cc3)O2)cc1. The number of carbonyl (C=O) groups excluding carboxylic acids is 1. The van der Waals surface area contributed by atoms with Gasteiger partial charge in [0, 0.05) is 42.9 Å². The van der Waals surface area contributed by atoms with Crippen LogP contribution in [0.25, 0.3) is 11.1 Å². The molecule has 1 aliphatic rings. The molecule has 1 aliphatic heterocycles. The number of rotatable bonds is 17. The van der Waals surface area contributed by atoms with Crippen molar-refractivity contribution in [3.63, 3.8) is 0 Å². The van der Waals surface area contributed by atoms with E-state index in [1.165, 1.54) is 0 Å². The summed E-state index contributed by atoms with van der Waals surface area (Å²) in [5.41, 5.74) is 5.90. The van der Waals surface area contributed by atoms with Gasteiger partial charge in [0.2, 0.25) is 5.91 Å². The number of carboxylic acid groups (broad SMARTS) is 1. The average Bonchev–Trinajstić information content (AvgIpc) is 3.05. The van der Waals surface area contributed by atoms with Crippen LogP contribution in [0.1, 0.15) is 79.6 Å². The maximum atomic E-state index is 12.4. The van der Waals surface area contributed by atoms with E-state index in [0.717, 1.165) is 58.4 Å². The lowest BCUT2D eigenvalue weighted by Crippen LogP contribution is -2.31. The number of benzene rings is 3. The molecule has 3 aromatic rings. The lowest BCUT2D eigenvalue weighted by Gasteiger charge is -2.36. The Morgan fingerprint density at radius 1 is 0.841 bits per heavy atom. The second kappa shape index (κ2) is 17.9. The highest BCUT2D eigenvalue weighted by Crippen LogP contribution is 2.39. The molecule has 0 aromatic heterocycles. The predicted molar refractivity (Wildman–Crippen MR) is 172 cm³/mol. The van der Waals surface area contributed by atoms with Crippen LogP contribution in [0.2, 0.25) is 0 Å². The fourth-order valence-corrected chi connectivity index (χ4v) is 6.05. The lowest BCUT2D eigenvalue weighted by molar-refractivity contribution is -0.245. The molecular formula is C35H43NO7S. The third kappa shape index (κ3) is 10.5. The monoisotopic (exact) mass is 621 g/mol. The Balaban J connectivity index is 1.38. The first kappa shape index (κ1) is 33.7. The van der Waals surface area contributed by atoms with E-state index in [2.05, 4.69) is 17.4 Å². The number of amides is 1. The molecule has 1 amide bonds. The average molecular weight is 622 g/mol. The molecule has 8 nitrogen and oxygen atoms in total. The number of carboxylic acids is 1. The van der Waals surface area contributed by atoms with Crippen LogP contribution in [0.3, 0.4) is 0 Å². The molecule has 0 aliphatic carbocycles. The Morgan fingerprint density at radius 2 is 1.55 bits per heavy atom. The second-order valence-electron chi connectivity index (χ2n) is 11.0. The first-order valence-corrected chi connectivity index (χ1v) is 16.5. The molecular weight excluding hydrogens is 578 g/mol. The number of nitrogens with one attached hydrogen (secondary N) is 1. The zero-order valence-electron chi connectivity index (χ0n) is 25.0. The van der Waals surface area contributed by atoms with Crippen molar-refractivity contribution in [1.29, 1.82) is 0 Å². The highest BCUT2D eigenvalue weighted by molar-refractivity contribution is 7.99. The molecule has 1 saturated heterocycles. The van der Waals surface area contributed by atoms with E-state index in [9.17, 15) is 19.8 Å². The standard InChI is InChI=1S/C35H43NO7S/c37-19-20-44-24-30-21-32(27-13-11-25(23-38)12-14-27)43-35(42-30)28-17-15-26(16-18-28)31-8-6-5-7-29(31)22-36-33(39)9-3-1-2-4-10-34(40)41/h5-8,11-18,30,32,35,37-38H,1-4,9-10,19-24H2,(H,36,39)(H,40,41)/t30-,32+,35+/m0/s1. The van der Waals surface area contributed by atoms with E-state index >= 15 is 0 Å². The molecule has 9 heteroatoms. The van der Waals surface area contributed by atoms with Crippen molar-refractivity contribution in [2.75, 3.05) is 18.1 Å². The quantitative estimate of drug-likeness (QED) is 0.132. The van der Waals surface area contributed by atoms with Crippen molar-refractivity contribution in [1.82, 2.24) is 5.32 Å². The third-order valence-electron chi connectivity index (χ3n) is 7.69. The van der Waals surface area contributed by atoms with Gasteiger partial charge in [-0.2, -0.15) is 11.8 Å². The number of aliphatic hydroxyl groups excluding tert-OH is 2. The molecule has 4 N–H and O–H groups in total. The van der Waals surface area contributed by atoms with Gasteiger partial charge in [-0.05, 0) is 40.7 Å². The molecule has 0 radical (unpaired) electrons. The Hall–Kier alpha value is -3.21. The predicted octanol–water partition coefficient (Wildman–Crippen LogP) is 6.16. The van der Waals surface area contributed by atoms with Gasteiger partial charge in [-0.15, -0.1) is 0 Å². The topological polar surface area (TPSA) is 125 Å². The van der Waals surface area contributed by atoms with Gasteiger partial charge in [-0.25, -0.2) is 0 Å². The summed E-state index contributed by atoms with van der Waals surface area (Å²) < 4.78 is 12.8. The zero-order valence-corrected chi connectivity index (χ0v) is 25.8. The summed E-state index contributed by atoms with van der Waals surface area (Å²) in [4.78, 5) is 23.1. The van der Waals surface area contributed by atoms with Gasteiger partial charge in [0.15, 0.2) is 6.29 Å². The van der Waals surface area contributed by atoms with Crippen molar-refractivity contribution in [3.8, 4) is 11.1 Å². The molecule has 236 valence electrons. The second-order valence-corrected chi connectivity index (χ2v) is 12.2. The van der Waals surface area contributed by atoms with Crippen LogP contribution in [0, 0.1) is 0 Å². The third-order valence-corrected chi connectivity index (χ3v) is 8.76. The number of ether oxygens (including phenoxy) is 2. The van der Waals surface area contributed by atoms with E-state index in [4.69, 9.17) is 14.6 Å². The van der Waals surface area contributed by atoms with E-state index in [0.29, 0.717) is 31.6 Å². The van der Waals surface area contributed by atoms with Gasteiger partial charge in [-0.3, -0.25) is 9.59 Å². The highest BCUT2D eigenvalue weighted by atomic mass is 32.2. The van der Waals surface area contributed by atoms with Gasteiger partial charge < -0.3 is 30.1 Å². The fraction of sp³-hybridized carbons (Fsp3) is 0.429. The number of unbranched alkanes of at least 4 members (excludes halogenated alkanes) is 3. The first-order valence-electron chi connectivity index (χ1n) is 15.3. The van der Waals surface area contributed by atoms with Gasteiger partial charge >= 0.3 is 5.97 Å². The van der Waals surface area contributed by atoms with Crippen LogP contribution in [-0.2, 0) is 32.2 Å². The van der Waals surface area contributed by atoms with E-state index < -0.39 is 12.3 Å². The summed E-state index contributed by atoms with van der Waals surface area (Å²) in [5, 5.41) is 30.4. The summed E-state index contributed by atoms with van der Waals surface area (Å²) in [6.07, 6.45) is 3.62. The number of carbonyl (C=O) groups is 2. The summed E-state index contributed by atoms with van der Waals surface area (Å²) in [7, 11) is 0. The molecule has 0 saturated carbocycles. The maximum Gasteiger partial charge on any atom is 0.303 e. The van der Waals surface area contributed by atoms with Crippen LogP contribution in [0.5, 0.6) is 0 Å². The van der Waals surface area contributed by atoms with Crippen LogP contribution in [-0.4, -0.2) is 51.4 Å². The first-order chi connectivity index (χ1) is 21.5. The van der Waals surface area contributed by atoms with Crippen molar-refractivity contribution in [2.24, 2.45) is 0 Å². The molecule has 0 bridgehead atoms. The molecule has 4 rings (SSSR count). The molecule has 1 heterocycles. The normalized spacial score (nSPS) is 18.2. The Morgan fingerprint density at radius 3 is 2.25 bits per heavy atom. The van der Waals surface area contributed by atoms with Gasteiger partial charge in [-0.1, -0.05) is 85.6 Å². The number of thioether (sulfide) groups is 1. The molecule has 3 atom stereocenters. The van der Waals surface area contributed by atoms with Crippen molar-refractivity contribution in [3.05, 3.63) is 95.1 Å². The summed E-state index contributed by atoms with van der Waals surface area (Å²) in [5.74, 6) is 0.630. The van der Waals surface area contributed by atoms with Crippen LogP contribution in [0.4, 0.5) is 0 Å². The number of aliphatic carboxylic acids is 1. The maximum absolute atomic E-state index is 12.4. The zero-order chi connectivity index (χ0) is 31.1. The minimum atomic E-state index is -0.778. The van der Waals surface area contributed by atoms with Crippen molar-refractivity contribution >= 4 is 23.6 Å². The van der Waals surface area contributed by atoms with E-state index in [-0.39, 0.29) is 37.7 Å². The van der Waals surface area contributed by atoms with E-state index in [1.807, 2.05) is 60.7 Å². The minimum absolute atomic E-state index is 0.00259. The Labute approximate surface area is 263 Å². The number of hydrogen-bond donors (Lipinski definition) is 4. The lowest BCUT2D eigenvalue weighted by atomic mass is 9.97. The van der Waals surface area contributed by atoms with E-state index in [1.54, 1.807) is 11.8 Å². The number of hydrogen-bond acceptors (Lipinski definition) is 7. The van der Waals surface area contributed by atoms with Gasteiger partial charge in [0.25, 0.3) is 0 Å². The highest BCUT2D eigenvalue weighted by Gasteiger charge is 2.32. The summed E-state index contributed by atoms with van der Waals surface area (Å²) >= 11 is 1.66. The Kier molecular flexibility index (Phi) is 13.7. The Bertz CT molecular complexity index is 1320. The minimum Gasteiger partial charge on any atom is -0.481 e.